The second-order valence-electron chi connectivity index (χ2n) is 10.5. The number of carbonyl (C=O) groups excluding carboxylic acids is 1. The Balaban J connectivity index is 1.29. The van der Waals surface area contributed by atoms with Crippen molar-refractivity contribution in [2.24, 2.45) is 17.8 Å². The largest absolute Gasteiger partial charge is 0.288 e. The van der Waals surface area contributed by atoms with Gasteiger partial charge in [0.05, 0.1) is 10.4 Å². The predicted molar refractivity (Wildman–Crippen MR) is 137 cm³/mol. The SMILES string of the molecule is O=C(NNC(=S)c1cccc([N+](=O)[O-])c1)c1cc(C23CC4CC(CC(C4)C2)C3)c2ccccc2n1. The van der Waals surface area contributed by atoms with Gasteiger partial charge in [-0.1, -0.05) is 42.5 Å². The standard InChI is InChI=1S/C27H26N4O3S/c32-25(29-30-26(35)19-4-3-5-20(11-19)31(33)34)24-12-22(21-6-1-2-7-23(21)28-24)27-13-16-8-17(14-27)10-18(9-16)15-27/h1-7,11-12,16-18H,8-10,13-15H2,(H,29,32)(H,30,35). The molecule has 0 atom stereocenters. The molecular formula is C27H26N4O3S. The van der Waals surface area contributed by atoms with E-state index in [2.05, 4.69) is 21.9 Å². The summed E-state index contributed by atoms with van der Waals surface area (Å²) in [7, 11) is 0. The second kappa shape index (κ2) is 8.37. The number of amides is 1. The van der Waals surface area contributed by atoms with E-state index in [-0.39, 0.29) is 22.0 Å². The van der Waals surface area contributed by atoms with Crippen LogP contribution in [0.15, 0.2) is 54.6 Å². The zero-order valence-electron chi connectivity index (χ0n) is 19.2. The Morgan fingerprint density at radius 2 is 1.66 bits per heavy atom. The lowest BCUT2D eigenvalue weighted by atomic mass is 9.48. The van der Waals surface area contributed by atoms with Crippen molar-refractivity contribution in [3.63, 3.8) is 0 Å². The molecule has 1 amide bonds. The minimum Gasteiger partial charge on any atom is -0.287 e. The second-order valence-corrected chi connectivity index (χ2v) is 10.9. The number of hydrogen-bond acceptors (Lipinski definition) is 5. The van der Waals surface area contributed by atoms with Gasteiger partial charge >= 0.3 is 0 Å². The fourth-order valence-corrected chi connectivity index (χ4v) is 7.36. The maximum Gasteiger partial charge on any atom is 0.288 e. The van der Waals surface area contributed by atoms with Crippen LogP contribution in [0.25, 0.3) is 10.9 Å². The summed E-state index contributed by atoms with van der Waals surface area (Å²) < 4.78 is 0. The summed E-state index contributed by atoms with van der Waals surface area (Å²) in [5.41, 5.74) is 8.34. The van der Waals surface area contributed by atoms with Crippen LogP contribution in [0.5, 0.6) is 0 Å². The van der Waals surface area contributed by atoms with Gasteiger partial charge in [0.15, 0.2) is 0 Å². The summed E-state index contributed by atoms with van der Waals surface area (Å²) in [5.74, 6) is 1.99. The molecule has 0 spiro atoms. The molecule has 35 heavy (non-hydrogen) atoms. The summed E-state index contributed by atoms with van der Waals surface area (Å²) in [4.78, 5) is 28.6. The van der Waals surface area contributed by atoms with E-state index in [4.69, 9.17) is 12.2 Å². The summed E-state index contributed by atoms with van der Waals surface area (Å²) in [6, 6.07) is 16.1. The fourth-order valence-electron chi connectivity index (χ4n) is 7.18. The van der Waals surface area contributed by atoms with E-state index in [0.29, 0.717) is 11.3 Å². The summed E-state index contributed by atoms with van der Waals surface area (Å²) >= 11 is 5.35. The highest BCUT2D eigenvalue weighted by Crippen LogP contribution is 2.61. The molecular weight excluding hydrogens is 460 g/mol. The Hall–Kier alpha value is -3.39. The van der Waals surface area contributed by atoms with E-state index in [0.717, 1.165) is 28.7 Å². The molecule has 3 aromatic rings. The van der Waals surface area contributed by atoms with Gasteiger partial charge in [-0.25, -0.2) is 4.98 Å². The van der Waals surface area contributed by atoms with E-state index < -0.39 is 4.92 Å². The number of non-ortho nitro benzene ring substituents is 1. The van der Waals surface area contributed by atoms with Crippen LogP contribution in [0.1, 0.15) is 60.1 Å². The quantitative estimate of drug-likeness (QED) is 0.298. The molecule has 1 heterocycles. The van der Waals surface area contributed by atoms with E-state index in [9.17, 15) is 14.9 Å². The predicted octanol–water partition coefficient (Wildman–Crippen LogP) is 5.22. The number of benzene rings is 2. The van der Waals surface area contributed by atoms with Gasteiger partial charge in [0.2, 0.25) is 0 Å². The highest BCUT2D eigenvalue weighted by molar-refractivity contribution is 7.80. The fraction of sp³-hybridized carbons (Fsp3) is 0.370. The minimum absolute atomic E-state index is 0.0608. The van der Waals surface area contributed by atoms with Crippen molar-refractivity contribution in [2.75, 3.05) is 0 Å². The minimum atomic E-state index is -0.477. The van der Waals surface area contributed by atoms with Gasteiger partial charge < -0.3 is 0 Å². The van der Waals surface area contributed by atoms with Crippen molar-refractivity contribution in [1.29, 1.82) is 0 Å². The number of hydrogen-bond donors (Lipinski definition) is 2. The Morgan fingerprint density at radius 3 is 2.34 bits per heavy atom. The monoisotopic (exact) mass is 486 g/mol. The van der Waals surface area contributed by atoms with Crippen molar-refractivity contribution >= 4 is 39.7 Å². The van der Waals surface area contributed by atoms with Gasteiger partial charge in [-0.15, -0.1) is 0 Å². The molecule has 8 heteroatoms. The van der Waals surface area contributed by atoms with Crippen LogP contribution < -0.4 is 10.9 Å². The average Bonchev–Trinajstić information content (AvgIpc) is 2.85. The first-order valence-electron chi connectivity index (χ1n) is 12.2. The molecule has 7 nitrogen and oxygen atoms in total. The lowest BCUT2D eigenvalue weighted by Gasteiger charge is -2.57. The van der Waals surface area contributed by atoms with Crippen LogP contribution in [-0.4, -0.2) is 20.8 Å². The molecule has 4 fully saturated rings. The van der Waals surface area contributed by atoms with Crippen LogP contribution >= 0.6 is 12.2 Å². The molecule has 7 rings (SSSR count). The van der Waals surface area contributed by atoms with Gasteiger partial charge in [-0.3, -0.25) is 25.8 Å². The van der Waals surface area contributed by atoms with Crippen molar-refractivity contribution in [3.05, 3.63) is 81.5 Å². The van der Waals surface area contributed by atoms with Crippen molar-refractivity contribution in [1.82, 2.24) is 15.8 Å². The zero-order valence-corrected chi connectivity index (χ0v) is 20.0. The Morgan fingerprint density at radius 1 is 0.971 bits per heavy atom. The Labute approximate surface area is 208 Å². The van der Waals surface area contributed by atoms with Crippen molar-refractivity contribution < 1.29 is 9.72 Å². The maximum atomic E-state index is 13.2. The third kappa shape index (κ3) is 3.95. The average molecular weight is 487 g/mol. The first-order chi connectivity index (χ1) is 16.9. The highest BCUT2D eigenvalue weighted by atomic mass is 32.1. The van der Waals surface area contributed by atoms with Crippen molar-refractivity contribution in [3.8, 4) is 0 Å². The number of carbonyl (C=O) groups is 1. The van der Waals surface area contributed by atoms with E-state index in [1.807, 2.05) is 24.3 Å². The number of thiocarbonyl (C=S) groups is 1. The number of hydrazine groups is 1. The molecule has 2 aromatic carbocycles. The lowest BCUT2D eigenvalue weighted by molar-refractivity contribution is -0.384. The van der Waals surface area contributed by atoms with Crippen molar-refractivity contribution in [2.45, 2.75) is 43.9 Å². The summed E-state index contributed by atoms with van der Waals surface area (Å²) in [6.45, 7) is 0. The molecule has 2 N–H and O–H groups in total. The Kier molecular flexibility index (Phi) is 5.29. The third-order valence-electron chi connectivity index (χ3n) is 8.17. The molecule has 4 saturated carbocycles. The molecule has 0 unspecified atom stereocenters. The molecule has 4 bridgehead atoms. The van der Waals surface area contributed by atoms with E-state index >= 15 is 0 Å². The molecule has 4 aliphatic rings. The molecule has 4 aliphatic carbocycles. The zero-order chi connectivity index (χ0) is 24.2. The van der Waals surface area contributed by atoms with Crippen LogP contribution in [0.3, 0.4) is 0 Å². The highest BCUT2D eigenvalue weighted by Gasteiger charge is 2.52. The van der Waals surface area contributed by atoms with Gasteiger partial charge in [-0.2, -0.15) is 0 Å². The van der Waals surface area contributed by atoms with Crippen LogP contribution in [0.2, 0.25) is 0 Å². The number of pyridine rings is 1. The first kappa shape index (κ1) is 22.1. The Bertz CT molecular complexity index is 1340. The number of nitro benzene ring substituents is 1. The summed E-state index contributed by atoms with van der Waals surface area (Å²) in [6.07, 6.45) is 7.66. The van der Waals surface area contributed by atoms with Crippen LogP contribution in [0.4, 0.5) is 5.69 Å². The number of nitro groups is 1. The number of rotatable bonds is 4. The van der Waals surface area contributed by atoms with E-state index in [1.54, 1.807) is 12.1 Å². The number of nitrogens with zero attached hydrogens (tertiary/aromatic N) is 2. The topological polar surface area (TPSA) is 97.2 Å². The van der Waals surface area contributed by atoms with Gasteiger partial charge in [0.1, 0.15) is 10.7 Å². The van der Waals surface area contributed by atoms with Crippen LogP contribution in [-0.2, 0) is 5.41 Å². The molecule has 178 valence electrons. The van der Waals surface area contributed by atoms with Gasteiger partial charge in [-0.05, 0) is 79.4 Å². The molecule has 0 aliphatic heterocycles. The molecule has 0 radical (unpaired) electrons. The number of nitrogens with one attached hydrogen (secondary N) is 2. The summed E-state index contributed by atoms with van der Waals surface area (Å²) in [5, 5.41) is 12.2. The lowest BCUT2D eigenvalue weighted by Crippen LogP contribution is -2.48. The molecule has 1 aromatic heterocycles. The number of aromatic nitrogens is 1. The van der Waals surface area contributed by atoms with E-state index in [1.165, 1.54) is 56.2 Å². The number of fused-ring (bicyclic) bond motifs is 1. The number of para-hydroxylation sites is 1. The normalized spacial score (nSPS) is 26.5. The van der Waals surface area contributed by atoms with Crippen LogP contribution in [0, 0.1) is 27.9 Å². The van der Waals surface area contributed by atoms with Gasteiger partial charge in [0.25, 0.3) is 11.6 Å². The third-order valence-corrected chi connectivity index (χ3v) is 8.50. The smallest absolute Gasteiger partial charge is 0.287 e. The molecule has 0 saturated heterocycles. The van der Waals surface area contributed by atoms with Gasteiger partial charge in [0, 0.05) is 23.1 Å². The first-order valence-corrected chi connectivity index (χ1v) is 12.6. The maximum absolute atomic E-state index is 13.2.